The third-order valence-corrected chi connectivity index (χ3v) is 4.94. The summed E-state index contributed by atoms with van der Waals surface area (Å²) in [5.41, 5.74) is 0.942. The van der Waals surface area contributed by atoms with E-state index in [4.69, 9.17) is 9.47 Å². The minimum atomic E-state index is -0.840. The molecule has 9 nitrogen and oxygen atoms in total. The van der Waals surface area contributed by atoms with Gasteiger partial charge in [-0.15, -0.1) is 0 Å². The molecule has 0 aliphatic carbocycles. The summed E-state index contributed by atoms with van der Waals surface area (Å²) >= 11 is 0. The van der Waals surface area contributed by atoms with Gasteiger partial charge in [-0.25, -0.2) is 9.59 Å². The lowest BCUT2D eigenvalue weighted by molar-refractivity contribution is -0.459. The first kappa shape index (κ1) is 28.1. The van der Waals surface area contributed by atoms with Gasteiger partial charge in [0.2, 0.25) is 0 Å². The van der Waals surface area contributed by atoms with Gasteiger partial charge in [-0.2, -0.15) is 0 Å². The molecule has 0 saturated heterocycles. The summed E-state index contributed by atoms with van der Waals surface area (Å²) in [7, 11) is 0. The molecular formula is C28H25AlO9. The van der Waals surface area contributed by atoms with Gasteiger partial charge in [0.05, 0.1) is 12.8 Å². The molecule has 0 saturated carbocycles. The molecule has 4 aromatic rings. The van der Waals surface area contributed by atoms with Crippen molar-refractivity contribution in [2.45, 2.75) is 12.8 Å². The summed E-state index contributed by atoms with van der Waals surface area (Å²) in [5, 5.41) is 24.4. The molecule has 2 N–H and O–H groups in total. The Morgan fingerprint density at radius 3 is 1.37 bits per heavy atom. The van der Waals surface area contributed by atoms with Gasteiger partial charge in [0.25, 0.3) is 0 Å². The van der Waals surface area contributed by atoms with E-state index >= 15 is 0 Å². The number of ether oxygens (including phenoxy) is 2. The number of hydrogen-bond acceptors (Lipinski definition) is 9. The number of phenolic OH excluding ortho intramolecular Hbond substituents is 2. The summed E-state index contributed by atoms with van der Waals surface area (Å²) in [6, 6.07) is 26.4. The predicted octanol–water partition coefficient (Wildman–Crippen LogP) is 4.22. The zero-order valence-electron chi connectivity index (χ0n) is 19.4. The standard InChI is InChI=1S/C28H22O9.Al.3H/c29-23-13-11-19(15-25(23)33-21-7-3-1-4-8-21)17-27(31)35-37-36-28(32)18-20-12-14-24(30)26(16-20)34-22-9-5-2-6-10-22;;;;/h1-16,29-30H,17-18H2;;;;. The summed E-state index contributed by atoms with van der Waals surface area (Å²) in [6.45, 7) is 0. The fourth-order valence-corrected chi connectivity index (χ4v) is 3.22. The van der Waals surface area contributed by atoms with Gasteiger partial charge in [0, 0.05) is 5.04 Å². The molecule has 0 aliphatic heterocycles. The lowest BCUT2D eigenvalue weighted by Crippen LogP contribution is -2.13. The molecule has 38 heavy (non-hydrogen) atoms. The normalized spacial score (nSPS) is 10.1. The van der Waals surface area contributed by atoms with Crippen LogP contribution in [0, 0.1) is 0 Å². The average molecular weight is 532 g/mol. The summed E-state index contributed by atoms with van der Waals surface area (Å²) in [6.07, 6.45) is -0.470. The highest BCUT2D eigenvalue weighted by Gasteiger charge is 2.14. The van der Waals surface area contributed by atoms with Gasteiger partial charge >= 0.3 is 11.9 Å². The second-order valence-electron chi connectivity index (χ2n) is 7.77. The maximum atomic E-state index is 12.1. The largest absolute Gasteiger partial charge is 0.504 e. The summed E-state index contributed by atoms with van der Waals surface area (Å²) in [4.78, 5) is 33.2. The maximum Gasteiger partial charge on any atom is 0.351 e. The van der Waals surface area contributed by atoms with Gasteiger partial charge in [-0.3, -0.25) is 9.78 Å². The third-order valence-electron chi connectivity index (χ3n) is 4.94. The molecule has 194 valence electrons. The SMILES string of the molecule is O=C(Cc1ccc(O)c(Oc2ccccc2)c1)OOOC(=O)Cc1ccc(O)c(Oc2ccccc2)c1.[AlH3]. The van der Waals surface area contributed by atoms with Gasteiger partial charge < -0.3 is 19.7 Å². The molecule has 0 unspecified atom stereocenters. The van der Waals surface area contributed by atoms with Crippen LogP contribution in [0.25, 0.3) is 0 Å². The molecule has 0 atom stereocenters. The first-order valence-electron chi connectivity index (χ1n) is 11.1. The number of phenols is 2. The highest BCUT2D eigenvalue weighted by molar-refractivity contribution is 5.75. The third kappa shape index (κ3) is 8.28. The molecule has 0 fully saturated rings. The highest BCUT2D eigenvalue weighted by Crippen LogP contribution is 2.32. The zero-order valence-corrected chi connectivity index (χ0v) is 19.4. The van der Waals surface area contributed by atoms with Crippen LogP contribution in [0.1, 0.15) is 11.1 Å². The van der Waals surface area contributed by atoms with E-state index in [1.807, 2.05) is 12.1 Å². The van der Waals surface area contributed by atoms with Crippen molar-refractivity contribution < 1.29 is 44.1 Å². The van der Waals surface area contributed by atoms with E-state index in [0.717, 1.165) is 0 Å². The predicted molar refractivity (Wildman–Crippen MR) is 140 cm³/mol. The molecule has 0 radical (unpaired) electrons. The molecule has 4 rings (SSSR count). The maximum absolute atomic E-state index is 12.1. The molecule has 0 spiro atoms. The zero-order chi connectivity index (χ0) is 26.0. The Hall–Kier alpha value is -4.49. The van der Waals surface area contributed by atoms with Crippen molar-refractivity contribution in [3.63, 3.8) is 0 Å². The van der Waals surface area contributed by atoms with Gasteiger partial charge in [-0.05, 0) is 59.7 Å². The number of hydrogen-bond donors (Lipinski definition) is 2. The Kier molecular flexibility index (Phi) is 10.1. The molecule has 0 amide bonds. The number of aromatic hydroxyl groups is 2. The van der Waals surface area contributed by atoms with Crippen LogP contribution < -0.4 is 9.47 Å². The Balaban J connectivity index is 0.00000400. The minimum Gasteiger partial charge on any atom is -0.504 e. The average Bonchev–Trinajstić information content (AvgIpc) is 2.89. The van der Waals surface area contributed by atoms with Crippen LogP contribution in [0.15, 0.2) is 97.1 Å². The van der Waals surface area contributed by atoms with Crippen molar-refractivity contribution in [1.29, 1.82) is 0 Å². The van der Waals surface area contributed by atoms with E-state index in [0.29, 0.717) is 22.6 Å². The Bertz CT molecular complexity index is 1260. The van der Waals surface area contributed by atoms with E-state index in [9.17, 15) is 19.8 Å². The second kappa shape index (κ2) is 13.7. The lowest BCUT2D eigenvalue weighted by atomic mass is 10.1. The number of carbonyl (C=O) groups excluding carboxylic acids is 2. The van der Waals surface area contributed by atoms with Crippen molar-refractivity contribution in [3.8, 4) is 34.5 Å². The molecule has 0 aliphatic rings. The first-order valence-corrected chi connectivity index (χ1v) is 11.1. The molecule has 4 aromatic carbocycles. The van der Waals surface area contributed by atoms with Crippen molar-refractivity contribution in [2.24, 2.45) is 0 Å². The molecular weight excluding hydrogens is 507 g/mol. The minimum absolute atomic E-state index is 0. The molecule has 0 bridgehead atoms. The van der Waals surface area contributed by atoms with Crippen LogP contribution in [0.4, 0.5) is 0 Å². The van der Waals surface area contributed by atoms with E-state index in [-0.39, 0.29) is 53.2 Å². The van der Waals surface area contributed by atoms with Crippen molar-refractivity contribution in [3.05, 3.63) is 108 Å². The van der Waals surface area contributed by atoms with Gasteiger partial charge in [0.15, 0.2) is 40.4 Å². The Morgan fingerprint density at radius 2 is 0.974 bits per heavy atom. The quantitative estimate of drug-likeness (QED) is 0.176. The van der Waals surface area contributed by atoms with Crippen LogP contribution in [-0.4, -0.2) is 39.5 Å². The van der Waals surface area contributed by atoms with E-state index < -0.39 is 11.9 Å². The van der Waals surface area contributed by atoms with Crippen molar-refractivity contribution >= 4 is 29.3 Å². The highest BCUT2D eigenvalue weighted by atomic mass is 27.0. The van der Waals surface area contributed by atoms with Crippen molar-refractivity contribution in [2.75, 3.05) is 0 Å². The molecule has 10 heteroatoms. The van der Waals surface area contributed by atoms with Gasteiger partial charge in [0.1, 0.15) is 11.5 Å². The smallest absolute Gasteiger partial charge is 0.351 e. The lowest BCUT2D eigenvalue weighted by Gasteiger charge is -2.10. The van der Waals surface area contributed by atoms with Crippen LogP contribution >= 0.6 is 0 Å². The van der Waals surface area contributed by atoms with Crippen LogP contribution in [-0.2, 0) is 37.2 Å². The van der Waals surface area contributed by atoms with Crippen molar-refractivity contribution in [1.82, 2.24) is 0 Å². The monoisotopic (exact) mass is 532 g/mol. The van der Waals surface area contributed by atoms with E-state index in [1.165, 1.54) is 36.4 Å². The summed E-state index contributed by atoms with van der Waals surface area (Å²) in [5.74, 6) is -0.530. The Labute approximate surface area is 228 Å². The number of carbonyl (C=O) groups is 2. The summed E-state index contributed by atoms with van der Waals surface area (Å²) < 4.78 is 11.2. The number of benzene rings is 4. The molecule has 0 heterocycles. The fourth-order valence-electron chi connectivity index (χ4n) is 3.22. The van der Waals surface area contributed by atoms with Crippen LogP contribution in [0.3, 0.4) is 0 Å². The van der Waals surface area contributed by atoms with E-state index in [2.05, 4.69) is 14.8 Å². The topological polar surface area (TPSA) is 121 Å². The second-order valence-corrected chi connectivity index (χ2v) is 7.77. The first-order chi connectivity index (χ1) is 18.0. The Morgan fingerprint density at radius 1 is 0.579 bits per heavy atom. The van der Waals surface area contributed by atoms with Crippen LogP contribution in [0.2, 0.25) is 0 Å². The number of rotatable bonds is 10. The fraction of sp³-hybridized carbons (Fsp3) is 0.0714. The van der Waals surface area contributed by atoms with Crippen LogP contribution in [0.5, 0.6) is 34.5 Å². The van der Waals surface area contributed by atoms with E-state index in [1.54, 1.807) is 48.5 Å². The van der Waals surface area contributed by atoms with Gasteiger partial charge in [-0.1, -0.05) is 48.5 Å². The number of para-hydroxylation sites is 2. The molecule has 0 aromatic heterocycles.